The zero-order valence-electron chi connectivity index (χ0n) is 17.2. The van der Waals surface area contributed by atoms with E-state index in [1.807, 2.05) is 68.0 Å². The first-order chi connectivity index (χ1) is 13.4. The van der Waals surface area contributed by atoms with Crippen molar-refractivity contribution >= 4 is 11.8 Å². The van der Waals surface area contributed by atoms with Gasteiger partial charge in [-0.25, -0.2) is 0 Å². The molecule has 6 heteroatoms. The van der Waals surface area contributed by atoms with Gasteiger partial charge in [-0.1, -0.05) is 30.3 Å². The van der Waals surface area contributed by atoms with Crippen molar-refractivity contribution in [2.24, 2.45) is 5.92 Å². The maximum Gasteiger partial charge on any atom is 0.227 e. The van der Waals surface area contributed by atoms with Gasteiger partial charge >= 0.3 is 0 Å². The van der Waals surface area contributed by atoms with Crippen molar-refractivity contribution in [3.63, 3.8) is 0 Å². The topological polar surface area (TPSA) is 69.3 Å². The number of likely N-dealkylation sites (tertiary alicyclic amines) is 1. The largest absolute Gasteiger partial charge is 0.345 e. The maximum absolute atomic E-state index is 13.3. The van der Waals surface area contributed by atoms with Crippen molar-refractivity contribution < 1.29 is 9.59 Å². The first-order valence-electron chi connectivity index (χ1n) is 10.0. The van der Waals surface area contributed by atoms with Gasteiger partial charge < -0.3 is 9.80 Å². The van der Waals surface area contributed by atoms with E-state index in [0.29, 0.717) is 25.9 Å². The number of H-pyrrole nitrogens is 1. The van der Waals surface area contributed by atoms with E-state index < -0.39 is 0 Å². The third kappa shape index (κ3) is 3.96. The minimum Gasteiger partial charge on any atom is -0.345 e. The van der Waals surface area contributed by atoms with E-state index in [9.17, 15) is 9.59 Å². The molecule has 28 heavy (non-hydrogen) atoms. The molecule has 3 rings (SSSR count). The van der Waals surface area contributed by atoms with Gasteiger partial charge in [-0.3, -0.25) is 14.7 Å². The molecule has 1 aliphatic heterocycles. The van der Waals surface area contributed by atoms with E-state index in [1.54, 1.807) is 0 Å². The molecule has 2 atom stereocenters. The van der Waals surface area contributed by atoms with Gasteiger partial charge in [0.1, 0.15) is 0 Å². The van der Waals surface area contributed by atoms with Crippen molar-refractivity contribution in [3.05, 3.63) is 52.8 Å². The summed E-state index contributed by atoms with van der Waals surface area (Å²) in [6.45, 7) is 7.22. The Morgan fingerprint density at radius 3 is 2.61 bits per heavy atom. The van der Waals surface area contributed by atoms with Gasteiger partial charge in [0.05, 0.1) is 17.7 Å². The molecule has 1 aliphatic rings. The number of aromatic nitrogens is 2. The number of rotatable bonds is 6. The molecule has 0 saturated carbocycles. The van der Waals surface area contributed by atoms with E-state index in [4.69, 9.17) is 0 Å². The lowest BCUT2D eigenvalue weighted by molar-refractivity contribution is -0.147. The molecule has 150 valence electrons. The van der Waals surface area contributed by atoms with Gasteiger partial charge in [0.2, 0.25) is 11.8 Å². The quantitative estimate of drug-likeness (QED) is 0.835. The summed E-state index contributed by atoms with van der Waals surface area (Å²) in [5.74, 6) is 0.0305. The number of aryl methyl sites for hydroxylation is 2. The molecule has 1 saturated heterocycles. The van der Waals surface area contributed by atoms with Crippen molar-refractivity contribution in [2.75, 3.05) is 20.1 Å². The summed E-state index contributed by atoms with van der Waals surface area (Å²) in [7, 11) is 1.86. The highest BCUT2D eigenvalue weighted by molar-refractivity contribution is 5.85. The summed E-state index contributed by atoms with van der Waals surface area (Å²) < 4.78 is 0. The molecule has 1 aromatic carbocycles. The van der Waals surface area contributed by atoms with E-state index in [2.05, 4.69) is 10.2 Å². The molecule has 0 bridgehead atoms. The molecule has 2 amide bonds. The van der Waals surface area contributed by atoms with Crippen LogP contribution in [0.2, 0.25) is 0 Å². The highest BCUT2D eigenvalue weighted by atomic mass is 16.2. The second-order valence-electron chi connectivity index (χ2n) is 7.60. The minimum absolute atomic E-state index is 0.110. The Morgan fingerprint density at radius 1 is 1.29 bits per heavy atom. The first-order valence-corrected chi connectivity index (χ1v) is 10.0. The maximum atomic E-state index is 13.3. The van der Waals surface area contributed by atoms with Crippen LogP contribution in [0.25, 0.3) is 0 Å². The van der Waals surface area contributed by atoms with Crippen LogP contribution in [0.3, 0.4) is 0 Å². The lowest BCUT2D eigenvalue weighted by Gasteiger charge is -2.41. The Balaban J connectivity index is 1.78. The number of benzene rings is 1. The second kappa shape index (κ2) is 8.59. The average molecular weight is 383 g/mol. The Hall–Kier alpha value is -2.63. The number of likely N-dealkylation sites (N-methyl/N-ethyl adjacent to an activating group) is 1. The Morgan fingerprint density at radius 2 is 2.00 bits per heavy atom. The number of hydrogen-bond donors (Lipinski definition) is 1. The summed E-state index contributed by atoms with van der Waals surface area (Å²) in [5.41, 5.74) is 4.25. The number of carbonyl (C=O) groups excluding carboxylic acids is 2. The number of nitrogens with one attached hydrogen (secondary N) is 1. The molecule has 1 aromatic heterocycles. The summed E-state index contributed by atoms with van der Waals surface area (Å²) in [6.07, 6.45) is 1.80. The van der Waals surface area contributed by atoms with Crippen LogP contribution >= 0.6 is 0 Å². The van der Waals surface area contributed by atoms with Crippen molar-refractivity contribution in [2.45, 2.75) is 46.1 Å². The molecule has 2 aromatic rings. The number of carbonyl (C=O) groups is 2. The SMILES string of the molecule is CCN1C(=O)CC[C@@H](C(=O)N(C)CCc2c(C)n[nH]c2C)[C@@H]1c1ccccc1. The van der Waals surface area contributed by atoms with Crippen molar-refractivity contribution in [1.82, 2.24) is 20.0 Å². The highest BCUT2D eigenvalue weighted by Gasteiger charge is 2.40. The first kappa shape index (κ1) is 20.1. The van der Waals surface area contributed by atoms with E-state index in [1.165, 1.54) is 5.56 Å². The van der Waals surface area contributed by atoms with Crippen LogP contribution in [0.15, 0.2) is 30.3 Å². The fraction of sp³-hybridized carbons (Fsp3) is 0.500. The van der Waals surface area contributed by atoms with Gasteiger partial charge in [0.25, 0.3) is 0 Å². The zero-order valence-corrected chi connectivity index (χ0v) is 17.2. The molecule has 0 spiro atoms. The normalized spacial score (nSPS) is 19.7. The molecule has 2 heterocycles. The van der Waals surface area contributed by atoms with Crippen LogP contribution in [-0.4, -0.2) is 51.9 Å². The van der Waals surface area contributed by atoms with Gasteiger partial charge in [-0.15, -0.1) is 0 Å². The molecular weight excluding hydrogens is 352 g/mol. The standard InChI is InChI=1S/C22H30N4O2/c1-5-26-20(27)12-11-19(21(26)17-9-7-6-8-10-17)22(28)25(4)14-13-18-15(2)23-24-16(18)3/h6-10,19,21H,5,11-14H2,1-4H3,(H,23,24)/t19-,21+/m1/s1. The van der Waals surface area contributed by atoms with E-state index in [-0.39, 0.29) is 23.8 Å². The molecule has 1 N–H and O–H groups in total. The van der Waals surface area contributed by atoms with Gasteiger partial charge in [-0.2, -0.15) is 5.10 Å². The van der Waals surface area contributed by atoms with Crippen LogP contribution in [0, 0.1) is 19.8 Å². The molecule has 6 nitrogen and oxygen atoms in total. The number of aromatic amines is 1. The third-order valence-electron chi connectivity index (χ3n) is 5.86. The van der Waals surface area contributed by atoms with Crippen LogP contribution in [-0.2, 0) is 16.0 Å². The van der Waals surface area contributed by atoms with Gasteiger partial charge in [-0.05, 0) is 44.7 Å². The fourth-order valence-corrected chi connectivity index (χ4v) is 4.26. The Bertz CT molecular complexity index is 811. The summed E-state index contributed by atoms with van der Waals surface area (Å²) >= 11 is 0. The van der Waals surface area contributed by atoms with Gasteiger partial charge in [0, 0.05) is 32.3 Å². The Kier molecular flexibility index (Phi) is 6.17. The van der Waals surface area contributed by atoms with Crippen LogP contribution in [0.4, 0.5) is 0 Å². The monoisotopic (exact) mass is 382 g/mol. The number of hydrogen-bond acceptors (Lipinski definition) is 3. The second-order valence-corrected chi connectivity index (χ2v) is 7.60. The van der Waals surface area contributed by atoms with Gasteiger partial charge in [0.15, 0.2) is 0 Å². The third-order valence-corrected chi connectivity index (χ3v) is 5.86. The predicted octanol–water partition coefficient (Wildman–Crippen LogP) is 3.03. The summed E-state index contributed by atoms with van der Waals surface area (Å²) in [6, 6.07) is 9.74. The lowest BCUT2D eigenvalue weighted by atomic mass is 9.83. The average Bonchev–Trinajstić information content (AvgIpc) is 3.03. The zero-order chi connectivity index (χ0) is 20.3. The van der Waals surface area contributed by atoms with Crippen molar-refractivity contribution in [3.8, 4) is 0 Å². The van der Waals surface area contributed by atoms with Crippen LogP contribution < -0.4 is 0 Å². The lowest BCUT2D eigenvalue weighted by Crippen LogP contribution is -2.48. The Labute approximate surface area is 166 Å². The number of amides is 2. The van der Waals surface area contributed by atoms with E-state index in [0.717, 1.165) is 23.4 Å². The predicted molar refractivity (Wildman–Crippen MR) is 109 cm³/mol. The molecule has 1 fully saturated rings. The summed E-state index contributed by atoms with van der Waals surface area (Å²) in [4.78, 5) is 29.5. The number of piperidine rings is 1. The molecule has 0 radical (unpaired) electrons. The summed E-state index contributed by atoms with van der Waals surface area (Å²) in [5, 5.41) is 7.24. The van der Waals surface area contributed by atoms with E-state index >= 15 is 0 Å². The molecule has 0 aliphatic carbocycles. The minimum atomic E-state index is -0.211. The fourth-order valence-electron chi connectivity index (χ4n) is 4.26. The smallest absolute Gasteiger partial charge is 0.227 e. The van der Waals surface area contributed by atoms with Crippen molar-refractivity contribution in [1.29, 1.82) is 0 Å². The van der Waals surface area contributed by atoms with Crippen LogP contribution in [0.1, 0.15) is 48.3 Å². The molecule has 0 unspecified atom stereocenters. The highest BCUT2D eigenvalue weighted by Crippen LogP contribution is 2.37. The van der Waals surface area contributed by atoms with Crippen LogP contribution in [0.5, 0.6) is 0 Å². The number of nitrogens with zero attached hydrogens (tertiary/aromatic N) is 3. The molecular formula is C22H30N4O2.